The van der Waals surface area contributed by atoms with E-state index in [0.717, 1.165) is 25.2 Å². The molecule has 20 heavy (non-hydrogen) atoms. The smallest absolute Gasteiger partial charge is 0.234 e. The van der Waals surface area contributed by atoms with Crippen LogP contribution in [0.3, 0.4) is 0 Å². The van der Waals surface area contributed by atoms with Crippen molar-refractivity contribution >= 4 is 5.91 Å². The van der Waals surface area contributed by atoms with E-state index >= 15 is 0 Å². The number of furan rings is 1. The van der Waals surface area contributed by atoms with E-state index < -0.39 is 0 Å². The first kappa shape index (κ1) is 13.6. The van der Waals surface area contributed by atoms with Crippen molar-refractivity contribution in [3.8, 4) is 0 Å². The summed E-state index contributed by atoms with van der Waals surface area (Å²) in [6, 6.07) is 4.38. The molecule has 1 saturated carbocycles. The summed E-state index contributed by atoms with van der Waals surface area (Å²) in [5.74, 6) is 1.00. The fraction of sp³-hybridized carbons (Fsp3) is 0.667. The van der Waals surface area contributed by atoms with Crippen LogP contribution in [-0.4, -0.2) is 42.6 Å². The number of amides is 1. The zero-order valence-corrected chi connectivity index (χ0v) is 11.7. The Balaban J connectivity index is 1.44. The molecule has 3 rings (SSSR count). The summed E-state index contributed by atoms with van der Waals surface area (Å²) in [6.07, 6.45) is 6.40. The second-order valence-corrected chi connectivity index (χ2v) is 5.65. The Bertz CT molecular complexity index is 422. The summed E-state index contributed by atoms with van der Waals surface area (Å²) in [7, 11) is 0. The molecule has 2 heterocycles. The molecule has 0 radical (unpaired) electrons. The Morgan fingerprint density at radius 3 is 2.95 bits per heavy atom. The zero-order valence-electron chi connectivity index (χ0n) is 11.7. The van der Waals surface area contributed by atoms with Crippen LogP contribution in [0, 0.1) is 0 Å². The molecule has 1 aliphatic heterocycles. The Kier molecular flexibility index (Phi) is 4.38. The molecule has 1 atom stereocenters. The average molecular weight is 278 g/mol. The molecule has 1 aromatic rings. The third-order valence-corrected chi connectivity index (χ3v) is 3.90. The number of carbonyl (C=O) groups excluding carboxylic acids is 1. The van der Waals surface area contributed by atoms with E-state index in [0.29, 0.717) is 25.7 Å². The lowest BCUT2D eigenvalue weighted by Gasteiger charge is -2.20. The van der Waals surface area contributed by atoms with E-state index in [-0.39, 0.29) is 12.0 Å². The van der Waals surface area contributed by atoms with Crippen LogP contribution in [0.25, 0.3) is 0 Å². The van der Waals surface area contributed by atoms with E-state index in [9.17, 15) is 4.79 Å². The van der Waals surface area contributed by atoms with Gasteiger partial charge in [0.1, 0.15) is 5.76 Å². The molecule has 0 aromatic carbocycles. The summed E-state index contributed by atoms with van der Waals surface area (Å²) >= 11 is 0. The molecule has 0 unspecified atom stereocenters. The van der Waals surface area contributed by atoms with Gasteiger partial charge in [-0.25, -0.2) is 0 Å². The molecular formula is C15H22N2O3. The fourth-order valence-electron chi connectivity index (χ4n) is 2.63. The normalized spacial score (nSPS) is 22.4. The maximum atomic E-state index is 12.0. The molecule has 0 spiro atoms. The quantitative estimate of drug-likeness (QED) is 0.822. The Morgan fingerprint density at radius 1 is 1.40 bits per heavy atom. The average Bonchev–Trinajstić information content (AvgIpc) is 2.94. The van der Waals surface area contributed by atoms with Gasteiger partial charge in [-0.3, -0.25) is 9.69 Å². The van der Waals surface area contributed by atoms with E-state index in [1.165, 1.54) is 12.8 Å². The van der Waals surface area contributed by atoms with E-state index in [1.54, 1.807) is 6.26 Å². The minimum Gasteiger partial charge on any atom is -0.468 e. The lowest BCUT2D eigenvalue weighted by atomic mass is 10.2. The lowest BCUT2D eigenvalue weighted by Crippen LogP contribution is -2.40. The van der Waals surface area contributed by atoms with Crippen molar-refractivity contribution in [3.05, 3.63) is 24.2 Å². The summed E-state index contributed by atoms with van der Waals surface area (Å²) in [6.45, 7) is 2.62. The van der Waals surface area contributed by atoms with Crippen molar-refractivity contribution in [2.75, 3.05) is 19.7 Å². The van der Waals surface area contributed by atoms with Gasteiger partial charge < -0.3 is 14.5 Å². The first-order valence-corrected chi connectivity index (χ1v) is 7.46. The summed E-state index contributed by atoms with van der Waals surface area (Å²) in [5, 5.41) is 2.98. The second kappa shape index (κ2) is 6.41. The summed E-state index contributed by atoms with van der Waals surface area (Å²) < 4.78 is 10.9. The van der Waals surface area contributed by atoms with Gasteiger partial charge in [-0.2, -0.15) is 0 Å². The molecule has 1 N–H and O–H groups in total. The van der Waals surface area contributed by atoms with E-state index in [1.807, 2.05) is 12.1 Å². The largest absolute Gasteiger partial charge is 0.468 e. The molecule has 0 bridgehead atoms. The molecule has 5 nitrogen and oxygen atoms in total. The Morgan fingerprint density at radius 2 is 2.30 bits per heavy atom. The second-order valence-electron chi connectivity index (χ2n) is 5.65. The number of ether oxygens (including phenoxy) is 1. The van der Waals surface area contributed by atoms with E-state index in [2.05, 4.69) is 10.2 Å². The van der Waals surface area contributed by atoms with Gasteiger partial charge in [0.15, 0.2) is 0 Å². The first-order valence-electron chi connectivity index (χ1n) is 7.46. The minimum atomic E-state index is 0.0824. The molecule has 5 heteroatoms. The Labute approximate surface area is 119 Å². The number of hydrogen-bond acceptors (Lipinski definition) is 4. The van der Waals surface area contributed by atoms with Crippen LogP contribution in [0.5, 0.6) is 0 Å². The van der Waals surface area contributed by atoms with Gasteiger partial charge in [-0.05, 0) is 37.8 Å². The van der Waals surface area contributed by atoms with Crippen molar-refractivity contribution in [1.29, 1.82) is 0 Å². The highest BCUT2D eigenvalue weighted by Gasteiger charge is 2.31. The number of rotatable bonds is 7. The number of carbonyl (C=O) groups is 1. The molecule has 1 aromatic heterocycles. The van der Waals surface area contributed by atoms with Gasteiger partial charge in [0.05, 0.1) is 25.5 Å². The molecule has 2 aliphatic rings. The van der Waals surface area contributed by atoms with Crippen molar-refractivity contribution in [2.45, 2.75) is 44.4 Å². The van der Waals surface area contributed by atoms with Gasteiger partial charge >= 0.3 is 0 Å². The standard InChI is InChI=1S/C15H22N2O3/c18-15(16-9-13-3-1-7-19-13)11-17(12-5-6-12)10-14-4-2-8-20-14/h2,4,8,12-13H,1,3,5-7,9-11H2,(H,16,18)/t13-/m1/s1. The zero-order chi connectivity index (χ0) is 13.8. The van der Waals surface area contributed by atoms with Crippen LogP contribution in [-0.2, 0) is 16.1 Å². The first-order chi connectivity index (χ1) is 9.81. The molecule has 1 amide bonds. The third kappa shape index (κ3) is 3.84. The van der Waals surface area contributed by atoms with E-state index in [4.69, 9.17) is 9.15 Å². The number of hydrogen-bond donors (Lipinski definition) is 1. The predicted molar refractivity (Wildman–Crippen MR) is 74.1 cm³/mol. The van der Waals surface area contributed by atoms with Crippen LogP contribution in [0.4, 0.5) is 0 Å². The third-order valence-electron chi connectivity index (χ3n) is 3.90. The summed E-state index contributed by atoms with van der Waals surface area (Å²) in [4.78, 5) is 14.2. The SMILES string of the molecule is O=C(CN(Cc1ccco1)C1CC1)NC[C@H]1CCCO1. The van der Waals surface area contributed by atoms with Gasteiger partial charge in [-0.1, -0.05) is 0 Å². The van der Waals surface area contributed by atoms with Crippen molar-refractivity contribution in [2.24, 2.45) is 0 Å². The summed E-state index contributed by atoms with van der Waals surface area (Å²) in [5.41, 5.74) is 0. The molecule has 1 saturated heterocycles. The lowest BCUT2D eigenvalue weighted by molar-refractivity contribution is -0.123. The van der Waals surface area contributed by atoms with Crippen LogP contribution in [0.1, 0.15) is 31.4 Å². The molecule has 1 aliphatic carbocycles. The predicted octanol–water partition coefficient (Wildman–Crippen LogP) is 1.54. The van der Waals surface area contributed by atoms with Crippen molar-refractivity contribution in [3.63, 3.8) is 0 Å². The molecule has 110 valence electrons. The van der Waals surface area contributed by atoms with Gasteiger partial charge in [-0.15, -0.1) is 0 Å². The van der Waals surface area contributed by atoms with Crippen molar-refractivity contribution in [1.82, 2.24) is 10.2 Å². The highest BCUT2D eigenvalue weighted by Crippen LogP contribution is 2.28. The van der Waals surface area contributed by atoms with Crippen LogP contribution in [0.2, 0.25) is 0 Å². The molecule has 2 fully saturated rings. The maximum absolute atomic E-state index is 12.0. The number of nitrogens with zero attached hydrogens (tertiary/aromatic N) is 1. The highest BCUT2D eigenvalue weighted by atomic mass is 16.5. The minimum absolute atomic E-state index is 0.0824. The van der Waals surface area contributed by atoms with Crippen LogP contribution < -0.4 is 5.32 Å². The van der Waals surface area contributed by atoms with Gasteiger partial charge in [0.25, 0.3) is 0 Å². The monoisotopic (exact) mass is 278 g/mol. The number of nitrogens with one attached hydrogen (secondary N) is 1. The van der Waals surface area contributed by atoms with Gasteiger partial charge in [0.2, 0.25) is 5.91 Å². The fourth-order valence-corrected chi connectivity index (χ4v) is 2.63. The molecular weight excluding hydrogens is 256 g/mol. The van der Waals surface area contributed by atoms with Crippen LogP contribution >= 0.6 is 0 Å². The van der Waals surface area contributed by atoms with Gasteiger partial charge in [0, 0.05) is 19.2 Å². The van der Waals surface area contributed by atoms with Crippen LogP contribution in [0.15, 0.2) is 22.8 Å². The highest BCUT2D eigenvalue weighted by molar-refractivity contribution is 5.78. The maximum Gasteiger partial charge on any atom is 0.234 e. The topological polar surface area (TPSA) is 54.7 Å². The van der Waals surface area contributed by atoms with Crippen molar-refractivity contribution < 1.29 is 13.9 Å². The Hall–Kier alpha value is -1.33.